The number of amides is 3. The van der Waals surface area contributed by atoms with E-state index in [0.717, 1.165) is 26.1 Å². The molecule has 202 valence electrons. The predicted molar refractivity (Wildman–Crippen MR) is 142 cm³/mol. The van der Waals surface area contributed by atoms with Gasteiger partial charge in [-0.2, -0.15) is 0 Å². The minimum atomic E-state index is -0.716. The second-order valence-electron chi connectivity index (χ2n) is 10.6. The number of benzene rings is 1. The summed E-state index contributed by atoms with van der Waals surface area (Å²) in [5.41, 5.74) is 0.698. The van der Waals surface area contributed by atoms with Crippen LogP contribution < -0.4 is 10.6 Å². The molecule has 5 rings (SSSR count). The summed E-state index contributed by atoms with van der Waals surface area (Å²) in [6.07, 6.45) is 1.31. The molecule has 3 amide bonds. The normalized spacial score (nSPS) is 33.9. The van der Waals surface area contributed by atoms with Crippen molar-refractivity contribution in [1.82, 2.24) is 15.1 Å². The molecule has 4 aliphatic rings. The smallest absolute Gasteiger partial charge is 0.244 e. The fourth-order valence-electron chi connectivity index (χ4n) is 6.87. The van der Waals surface area contributed by atoms with E-state index >= 15 is 0 Å². The van der Waals surface area contributed by atoms with Crippen molar-refractivity contribution < 1.29 is 24.2 Å². The topological polar surface area (TPSA) is 111 Å². The Morgan fingerprint density at radius 2 is 1.95 bits per heavy atom. The highest BCUT2D eigenvalue weighted by Gasteiger charge is 2.76. The van der Waals surface area contributed by atoms with Crippen molar-refractivity contribution in [3.05, 3.63) is 30.3 Å². The van der Waals surface area contributed by atoms with Gasteiger partial charge in [-0.15, -0.1) is 11.8 Å². The Morgan fingerprint density at radius 3 is 2.62 bits per heavy atom. The maximum Gasteiger partial charge on any atom is 0.244 e. The van der Waals surface area contributed by atoms with E-state index in [9.17, 15) is 19.5 Å². The molecule has 0 saturated carbocycles. The van der Waals surface area contributed by atoms with E-state index in [0.29, 0.717) is 31.9 Å². The molecule has 9 nitrogen and oxygen atoms in total. The Kier molecular flexibility index (Phi) is 7.81. The van der Waals surface area contributed by atoms with Gasteiger partial charge in [0.25, 0.3) is 0 Å². The van der Waals surface area contributed by atoms with Crippen molar-refractivity contribution in [1.29, 1.82) is 0 Å². The van der Waals surface area contributed by atoms with Gasteiger partial charge < -0.3 is 25.4 Å². The third kappa shape index (κ3) is 4.56. The molecule has 0 aromatic heterocycles. The number of fused-ring (bicyclic) bond motifs is 1. The van der Waals surface area contributed by atoms with Gasteiger partial charge >= 0.3 is 0 Å². The molecule has 7 atom stereocenters. The second kappa shape index (κ2) is 10.9. The number of ether oxygens (including phenoxy) is 1. The molecule has 4 saturated heterocycles. The van der Waals surface area contributed by atoms with Gasteiger partial charge in [0.05, 0.1) is 42.4 Å². The van der Waals surface area contributed by atoms with Gasteiger partial charge in [0.2, 0.25) is 17.7 Å². The van der Waals surface area contributed by atoms with Gasteiger partial charge in [-0.3, -0.25) is 19.3 Å². The summed E-state index contributed by atoms with van der Waals surface area (Å²) in [6, 6.07) is 8.11. The van der Waals surface area contributed by atoms with E-state index in [1.54, 1.807) is 16.7 Å². The lowest BCUT2D eigenvalue weighted by Crippen LogP contribution is -2.59. The summed E-state index contributed by atoms with van der Waals surface area (Å²) in [7, 11) is 0. The van der Waals surface area contributed by atoms with Crippen LogP contribution in [0.15, 0.2) is 30.3 Å². The molecule has 4 fully saturated rings. The van der Waals surface area contributed by atoms with Gasteiger partial charge in [0.1, 0.15) is 6.04 Å². The van der Waals surface area contributed by atoms with Crippen molar-refractivity contribution in [2.24, 2.45) is 17.8 Å². The van der Waals surface area contributed by atoms with E-state index in [-0.39, 0.29) is 35.5 Å². The number of nitrogens with one attached hydrogen (secondary N) is 2. The van der Waals surface area contributed by atoms with Crippen LogP contribution >= 0.6 is 11.8 Å². The van der Waals surface area contributed by atoms with Crippen LogP contribution in [-0.4, -0.2) is 101 Å². The van der Waals surface area contributed by atoms with Crippen LogP contribution in [0.3, 0.4) is 0 Å². The summed E-state index contributed by atoms with van der Waals surface area (Å²) in [5.74, 6) is -1.54. The average Bonchev–Trinajstić information content (AvgIpc) is 3.50. The van der Waals surface area contributed by atoms with Crippen LogP contribution in [-0.2, 0) is 19.1 Å². The third-order valence-corrected chi connectivity index (χ3v) is 10.8. The number of para-hydroxylation sites is 1. The van der Waals surface area contributed by atoms with E-state index in [2.05, 4.69) is 22.5 Å². The van der Waals surface area contributed by atoms with Crippen molar-refractivity contribution >= 4 is 35.2 Å². The van der Waals surface area contributed by atoms with Gasteiger partial charge in [-0.1, -0.05) is 32.0 Å². The highest BCUT2D eigenvalue weighted by Crippen LogP contribution is 2.68. The van der Waals surface area contributed by atoms with Gasteiger partial charge in [0, 0.05) is 37.1 Å². The summed E-state index contributed by atoms with van der Waals surface area (Å²) in [6.45, 7) is 8.07. The molecule has 37 heavy (non-hydrogen) atoms. The molecule has 10 heteroatoms. The summed E-state index contributed by atoms with van der Waals surface area (Å²) < 4.78 is 4.72. The highest BCUT2D eigenvalue weighted by molar-refractivity contribution is 8.02. The molecule has 4 heterocycles. The highest BCUT2D eigenvalue weighted by atomic mass is 32.2. The van der Waals surface area contributed by atoms with Crippen molar-refractivity contribution in [3.63, 3.8) is 0 Å². The SMILES string of the molecule is CC[C@@H](CO)N1C(=O)[C@@H]2[C@H](C(=O)Nc3ccccc3)[C@@H]3CC(C)C2(S3)C1C(=O)NCCN1CCOCC1. The maximum absolute atomic E-state index is 14.1. The lowest BCUT2D eigenvalue weighted by molar-refractivity contribution is -0.142. The first-order chi connectivity index (χ1) is 17.9. The predicted octanol–water partition coefficient (Wildman–Crippen LogP) is 1.18. The van der Waals surface area contributed by atoms with Gasteiger partial charge in [0.15, 0.2) is 0 Å². The number of thioether (sulfide) groups is 1. The number of aliphatic hydroxyl groups is 1. The molecule has 3 unspecified atom stereocenters. The fraction of sp³-hybridized carbons (Fsp3) is 0.667. The van der Waals surface area contributed by atoms with Crippen LogP contribution in [0.25, 0.3) is 0 Å². The van der Waals surface area contributed by atoms with Gasteiger partial charge in [-0.05, 0) is 30.9 Å². The van der Waals surface area contributed by atoms with E-state index < -0.39 is 28.7 Å². The molecule has 0 radical (unpaired) electrons. The Labute approximate surface area is 222 Å². The van der Waals surface area contributed by atoms with Crippen LogP contribution in [0.1, 0.15) is 26.7 Å². The molecular weight excluding hydrogens is 492 g/mol. The first-order valence-electron chi connectivity index (χ1n) is 13.5. The van der Waals surface area contributed by atoms with Crippen LogP contribution in [0.4, 0.5) is 5.69 Å². The fourth-order valence-corrected chi connectivity index (χ4v) is 9.28. The number of carbonyl (C=O) groups excluding carboxylic acids is 3. The lowest BCUT2D eigenvalue weighted by atomic mass is 9.66. The number of morpholine rings is 1. The van der Waals surface area contributed by atoms with Gasteiger partial charge in [-0.25, -0.2) is 0 Å². The third-order valence-electron chi connectivity index (χ3n) is 8.68. The van der Waals surface area contributed by atoms with Crippen LogP contribution in [0.2, 0.25) is 0 Å². The zero-order valence-corrected chi connectivity index (χ0v) is 22.4. The molecule has 1 aromatic rings. The van der Waals surface area contributed by atoms with E-state index in [1.165, 1.54) is 0 Å². The number of hydrogen-bond donors (Lipinski definition) is 3. The van der Waals surface area contributed by atoms with Crippen LogP contribution in [0, 0.1) is 17.8 Å². The lowest BCUT2D eigenvalue weighted by Gasteiger charge is -2.40. The monoisotopic (exact) mass is 530 g/mol. The first-order valence-corrected chi connectivity index (χ1v) is 14.3. The molecule has 3 N–H and O–H groups in total. The largest absolute Gasteiger partial charge is 0.394 e. The zero-order valence-electron chi connectivity index (χ0n) is 21.6. The number of likely N-dealkylation sites (tertiary alicyclic amines) is 1. The van der Waals surface area contributed by atoms with Crippen molar-refractivity contribution in [3.8, 4) is 0 Å². The number of rotatable bonds is 9. The molecule has 0 aliphatic carbocycles. The minimum absolute atomic E-state index is 0.0207. The maximum atomic E-state index is 14.1. The Hall–Kier alpha value is -2.14. The molecule has 1 spiro atoms. The van der Waals surface area contributed by atoms with E-state index in [1.807, 2.05) is 37.3 Å². The van der Waals surface area contributed by atoms with E-state index in [4.69, 9.17) is 4.74 Å². The molecule has 2 bridgehead atoms. The Bertz CT molecular complexity index is 1000. The standard InChI is InChI=1S/C27H38N4O5S/c1-3-19(16-32)31-23(25(34)28-9-10-30-11-13-36-14-12-30)27-17(2)15-20(37-27)21(22(27)26(31)35)24(33)29-18-7-5-4-6-8-18/h4-8,17,19-23,32H,3,9-16H2,1-2H3,(H,28,34)(H,29,33)/t17?,19-,20-,21+,22-,23?,27?/m0/s1. The number of hydrogen-bond acceptors (Lipinski definition) is 7. The quantitative estimate of drug-likeness (QED) is 0.440. The number of nitrogens with zero attached hydrogens (tertiary/aromatic N) is 2. The molecular formula is C27H38N4O5S. The Morgan fingerprint density at radius 1 is 1.22 bits per heavy atom. The second-order valence-corrected chi connectivity index (χ2v) is 12.2. The minimum Gasteiger partial charge on any atom is -0.394 e. The average molecular weight is 531 g/mol. The Balaban J connectivity index is 1.41. The van der Waals surface area contributed by atoms with Crippen LogP contribution in [0.5, 0.6) is 0 Å². The molecule has 1 aromatic carbocycles. The van der Waals surface area contributed by atoms with Crippen molar-refractivity contribution in [2.45, 2.75) is 48.8 Å². The summed E-state index contributed by atoms with van der Waals surface area (Å²) in [5, 5.41) is 16.3. The summed E-state index contributed by atoms with van der Waals surface area (Å²) in [4.78, 5) is 45.4. The zero-order chi connectivity index (χ0) is 26.2. The summed E-state index contributed by atoms with van der Waals surface area (Å²) >= 11 is 1.66. The van der Waals surface area contributed by atoms with Crippen molar-refractivity contribution in [2.75, 3.05) is 51.3 Å². The number of carbonyl (C=O) groups is 3. The number of aliphatic hydroxyl groups excluding tert-OH is 1. The molecule has 4 aliphatic heterocycles. The first kappa shape index (κ1) is 26.5. The number of anilines is 1.